The zero-order valence-corrected chi connectivity index (χ0v) is 22.4. The number of hydrogen-bond donors (Lipinski definition) is 0. The second-order valence-electron chi connectivity index (χ2n) is 9.99. The number of carbonyl (C=O) groups is 1. The minimum absolute atomic E-state index is 0.102. The van der Waals surface area contributed by atoms with Gasteiger partial charge in [-0.05, 0) is 48.7 Å². The van der Waals surface area contributed by atoms with Crippen molar-refractivity contribution in [3.8, 4) is 17.0 Å². The average molecular weight is 579 g/mol. The van der Waals surface area contributed by atoms with Crippen molar-refractivity contribution < 1.29 is 27.1 Å². The Morgan fingerprint density at radius 2 is 1.76 bits per heavy atom. The van der Waals surface area contributed by atoms with Gasteiger partial charge in [0.05, 0.1) is 17.8 Å². The lowest BCUT2D eigenvalue weighted by atomic mass is 9.90. The third-order valence-corrected chi connectivity index (χ3v) is 7.50. The number of fused-ring (bicyclic) bond motifs is 2. The first-order chi connectivity index (χ1) is 19.7. The summed E-state index contributed by atoms with van der Waals surface area (Å²) in [5.41, 5.74) is 2.53. The predicted octanol–water partition coefficient (Wildman–Crippen LogP) is 8.66. The molecule has 0 atom stereocenters. The summed E-state index contributed by atoms with van der Waals surface area (Å²) in [6, 6.07) is 20.8. The van der Waals surface area contributed by atoms with Gasteiger partial charge in [0.15, 0.2) is 5.78 Å². The van der Waals surface area contributed by atoms with E-state index >= 15 is 0 Å². The van der Waals surface area contributed by atoms with Crippen LogP contribution in [0.15, 0.2) is 78.9 Å². The van der Waals surface area contributed by atoms with E-state index in [4.69, 9.17) is 16.3 Å². The molecule has 0 spiro atoms. The average Bonchev–Trinajstić information content (AvgIpc) is 3.31. The predicted molar refractivity (Wildman–Crippen MR) is 149 cm³/mol. The molecule has 0 bridgehead atoms. The molecule has 6 rings (SSSR count). The number of halogens is 5. The number of ether oxygens (including phenoxy) is 1. The molecule has 41 heavy (non-hydrogen) atoms. The molecule has 0 amide bonds. The molecule has 5 aromatic rings. The lowest BCUT2D eigenvalue weighted by Gasteiger charge is -2.19. The molecule has 0 saturated carbocycles. The summed E-state index contributed by atoms with van der Waals surface area (Å²) in [7, 11) is 0. The Balaban J connectivity index is 1.40. The van der Waals surface area contributed by atoms with Gasteiger partial charge in [-0.25, -0.2) is 4.39 Å². The van der Waals surface area contributed by atoms with Crippen molar-refractivity contribution in [2.45, 2.75) is 38.6 Å². The Morgan fingerprint density at radius 3 is 2.56 bits per heavy atom. The number of nitrogens with zero attached hydrogens (tertiary/aromatic N) is 2. The van der Waals surface area contributed by atoms with Crippen molar-refractivity contribution in [2.75, 3.05) is 0 Å². The highest BCUT2D eigenvalue weighted by molar-refractivity contribution is 6.30. The molecular weight excluding hydrogens is 556 g/mol. The minimum Gasteiger partial charge on any atom is -0.489 e. The second-order valence-corrected chi connectivity index (χ2v) is 10.4. The van der Waals surface area contributed by atoms with E-state index in [-0.39, 0.29) is 35.0 Å². The topological polar surface area (TPSA) is 44.1 Å². The third kappa shape index (κ3) is 5.32. The van der Waals surface area contributed by atoms with Crippen LogP contribution in [0.1, 0.15) is 45.5 Å². The largest absolute Gasteiger partial charge is 0.489 e. The lowest BCUT2D eigenvalue weighted by molar-refractivity contribution is -0.136. The molecule has 0 saturated heterocycles. The van der Waals surface area contributed by atoms with Crippen LogP contribution < -0.4 is 4.74 Å². The molecule has 208 valence electrons. The van der Waals surface area contributed by atoms with Crippen molar-refractivity contribution in [1.82, 2.24) is 9.78 Å². The second kappa shape index (κ2) is 10.7. The zero-order chi connectivity index (χ0) is 28.7. The van der Waals surface area contributed by atoms with Gasteiger partial charge in [-0.2, -0.15) is 18.3 Å². The van der Waals surface area contributed by atoms with E-state index in [2.05, 4.69) is 5.10 Å². The highest BCUT2D eigenvalue weighted by Gasteiger charge is 2.34. The summed E-state index contributed by atoms with van der Waals surface area (Å²) in [6.45, 7) is 0.0827. The quantitative estimate of drug-likeness (QED) is 0.189. The van der Waals surface area contributed by atoms with Crippen LogP contribution in [0.2, 0.25) is 5.02 Å². The fourth-order valence-electron chi connectivity index (χ4n) is 5.36. The van der Waals surface area contributed by atoms with Gasteiger partial charge in [-0.3, -0.25) is 9.48 Å². The van der Waals surface area contributed by atoms with Gasteiger partial charge in [0.25, 0.3) is 0 Å². The molecule has 1 aromatic heterocycles. The molecule has 0 radical (unpaired) electrons. The number of aromatic nitrogens is 2. The van der Waals surface area contributed by atoms with Gasteiger partial charge in [0.1, 0.15) is 23.7 Å². The first kappa shape index (κ1) is 27.0. The van der Waals surface area contributed by atoms with Gasteiger partial charge in [-0.1, -0.05) is 60.1 Å². The third-order valence-electron chi connectivity index (χ3n) is 7.27. The van der Waals surface area contributed by atoms with Gasteiger partial charge in [0, 0.05) is 39.1 Å². The van der Waals surface area contributed by atoms with E-state index < -0.39 is 17.6 Å². The van der Waals surface area contributed by atoms with Crippen LogP contribution in [-0.2, 0) is 25.7 Å². The molecule has 4 aromatic carbocycles. The number of alkyl halides is 3. The van der Waals surface area contributed by atoms with E-state index in [1.54, 1.807) is 24.3 Å². The number of benzene rings is 4. The molecule has 1 aliphatic carbocycles. The summed E-state index contributed by atoms with van der Waals surface area (Å²) in [4.78, 5) is 12.3. The van der Waals surface area contributed by atoms with Crippen molar-refractivity contribution in [3.05, 3.63) is 118 Å². The smallest absolute Gasteiger partial charge is 0.418 e. The standard InChI is InChI=1S/C32H23ClF4N2O2/c33-22-14-13-21(27(34)16-22)17-39-31(25-9-2-10-26(30(25)38-39)32(35,36)37)20-6-1-5-19(15-20)18-41-29-12-4-7-23-24(29)8-3-11-28(23)40/h1-2,4-7,9-10,12-16H,3,8,11,17-18H2. The van der Waals surface area contributed by atoms with Crippen LogP contribution in [0, 0.1) is 5.82 Å². The Kier molecular flexibility index (Phi) is 7.03. The maximum atomic E-state index is 14.7. The first-order valence-corrected chi connectivity index (χ1v) is 13.4. The van der Waals surface area contributed by atoms with E-state index in [0.717, 1.165) is 36.1 Å². The SMILES string of the molecule is O=C1CCCc2c(OCc3cccc(-c4c5cccc(C(F)(F)F)c5nn4Cc4ccc(Cl)cc4F)c3)cccc21. The molecule has 4 nitrogen and oxygen atoms in total. The molecule has 0 fully saturated rings. The van der Waals surface area contributed by atoms with Gasteiger partial charge < -0.3 is 4.74 Å². The fourth-order valence-corrected chi connectivity index (χ4v) is 5.52. The zero-order valence-electron chi connectivity index (χ0n) is 21.6. The Hall–Kier alpha value is -4.17. The molecule has 0 aliphatic heterocycles. The summed E-state index contributed by atoms with van der Waals surface area (Å²) in [5.74, 6) is 0.171. The molecular formula is C32H23ClF4N2O2. The summed E-state index contributed by atoms with van der Waals surface area (Å²) < 4.78 is 64.0. The monoisotopic (exact) mass is 578 g/mol. The fraction of sp³-hybridized carbons (Fsp3) is 0.188. The lowest BCUT2D eigenvalue weighted by Crippen LogP contribution is -2.12. The van der Waals surface area contributed by atoms with E-state index in [9.17, 15) is 22.4 Å². The van der Waals surface area contributed by atoms with Crippen LogP contribution in [0.4, 0.5) is 17.6 Å². The van der Waals surface area contributed by atoms with Crippen molar-refractivity contribution >= 4 is 28.3 Å². The number of carbonyl (C=O) groups excluding carboxylic acids is 1. The molecule has 1 aliphatic rings. The highest BCUT2D eigenvalue weighted by Crippen LogP contribution is 2.39. The number of ketones is 1. The number of hydrogen-bond acceptors (Lipinski definition) is 3. The van der Waals surface area contributed by atoms with Crippen LogP contribution in [0.5, 0.6) is 5.75 Å². The molecule has 1 heterocycles. The van der Waals surface area contributed by atoms with Crippen LogP contribution in [-0.4, -0.2) is 15.6 Å². The minimum atomic E-state index is -4.62. The number of Topliss-reactive ketones (excluding diaryl/α,β-unsaturated/α-hetero) is 1. The molecule has 0 N–H and O–H groups in total. The van der Waals surface area contributed by atoms with Crippen LogP contribution >= 0.6 is 11.6 Å². The normalized spacial score (nSPS) is 13.4. The van der Waals surface area contributed by atoms with Gasteiger partial charge in [-0.15, -0.1) is 0 Å². The summed E-state index contributed by atoms with van der Waals surface area (Å²) in [5, 5.41) is 4.84. The first-order valence-electron chi connectivity index (χ1n) is 13.1. The van der Waals surface area contributed by atoms with Crippen molar-refractivity contribution in [1.29, 1.82) is 0 Å². The maximum absolute atomic E-state index is 14.7. The highest BCUT2D eigenvalue weighted by atomic mass is 35.5. The van der Waals surface area contributed by atoms with E-state index in [0.29, 0.717) is 34.4 Å². The van der Waals surface area contributed by atoms with Crippen molar-refractivity contribution in [2.24, 2.45) is 0 Å². The van der Waals surface area contributed by atoms with Crippen molar-refractivity contribution in [3.63, 3.8) is 0 Å². The number of rotatable bonds is 6. The van der Waals surface area contributed by atoms with Crippen LogP contribution in [0.3, 0.4) is 0 Å². The maximum Gasteiger partial charge on any atom is 0.418 e. The Morgan fingerprint density at radius 1 is 0.951 bits per heavy atom. The van der Waals surface area contributed by atoms with Crippen LogP contribution in [0.25, 0.3) is 22.2 Å². The van der Waals surface area contributed by atoms with E-state index in [1.807, 2.05) is 24.3 Å². The summed E-state index contributed by atoms with van der Waals surface area (Å²) in [6.07, 6.45) is -2.57. The Labute approximate surface area is 238 Å². The summed E-state index contributed by atoms with van der Waals surface area (Å²) >= 11 is 5.90. The molecule has 9 heteroatoms. The van der Waals surface area contributed by atoms with Gasteiger partial charge >= 0.3 is 6.18 Å². The molecule has 0 unspecified atom stereocenters. The van der Waals surface area contributed by atoms with Gasteiger partial charge in [0.2, 0.25) is 0 Å². The Bertz CT molecular complexity index is 1800. The van der Waals surface area contributed by atoms with E-state index in [1.165, 1.54) is 22.9 Å².